The maximum absolute atomic E-state index is 11.9. The van der Waals surface area contributed by atoms with Crippen molar-refractivity contribution in [2.75, 3.05) is 0 Å². The summed E-state index contributed by atoms with van der Waals surface area (Å²) in [6.07, 6.45) is 1.03. The van der Waals surface area contributed by atoms with Crippen LogP contribution in [0.15, 0.2) is 57.5 Å². The first-order valence-corrected chi connectivity index (χ1v) is 8.87. The summed E-state index contributed by atoms with van der Waals surface area (Å²) in [5.41, 5.74) is 1.91. The van der Waals surface area contributed by atoms with Gasteiger partial charge in [-0.1, -0.05) is 57.0 Å². The van der Waals surface area contributed by atoms with E-state index in [1.165, 1.54) is 0 Å². The van der Waals surface area contributed by atoms with E-state index in [0.717, 1.165) is 15.6 Å². The number of nitrogens with one attached hydrogen (secondary N) is 1. The van der Waals surface area contributed by atoms with Gasteiger partial charge in [0.15, 0.2) is 0 Å². The Morgan fingerprint density at radius 3 is 2.76 bits per heavy atom. The molecule has 5 nitrogen and oxygen atoms in total. The van der Waals surface area contributed by atoms with Gasteiger partial charge < -0.3 is 9.84 Å². The van der Waals surface area contributed by atoms with E-state index in [4.69, 9.17) is 16.1 Å². The highest BCUT2D eigenvalue weighted by molar-refractivity contribution is 9.10. The van der Waals surface area contributed by atoms with E-state index in [0.29, 0.717) is 29.6 Å². The molecule has 1 N–H and O–H groups in total. The number of rotatable bonds is 6. The molecule has 0 unspecified atom stereocenters. The van der Waals surface area contributed by atoms with Crippen molar-refractivity contribution < 1.29 is 9.32 Å². The normalized spacial score (nSPS) is 10.6. The van der Waals surface area contributed by atoms with Crippen molar-refractivity contribution in [1.29, 1.82) is 0 Å². The molecule has 1 aromatic heterocycles. The van der Waals surface area contributed by atoms with Crippen LogP contribution in [0.5, 0.6) is 0 Å². The molecular formula is C18H15BrClN3O2. The molecule has 0 bridgehead atoms. The number of aryl methyl sites for hydroxylation is 1. The Morgan fingerprint density at radius 2 is 2.00 bits per heavy atom. The summed E-state index contributed by atoms with van der Waals surface area (Å²) in [5, 5.41) is 7.41. The van der Waals surface area contributed by atoms with E-state index in [1.807, 2.05) is 48.5 Å². The molecule has 0 aliphatic heterocycles. The molecule has 1 amide bonds. The number of halogens is 2. The molecule has 0 saturated carbocycles. The van der Waals surface area contributed by atoms with Gasteiger partial charge in [0, 0.05) is 21.5 Å². The quantitative estimate of drug-likeness (QED) is 0.642. The second-order valence-corrected chi connectivity index (χ2v) is 6.78. The SMILES string of the molecule is O=C(CCc1ccc(Cl)cc1)NCc1nc(-c2cccc(Br)c2)no1. The van der Waals surface area contributed by atoms with Gasteiger partial charge in [-0.15, -0.1) is 0 Å². The van der Waals surface area contributed by atoms with Crippen LogP contribution in [0.4, 0.5) is 0 Å². The summed E-state index contributed by atoms with van der Waals surface area (Å²) in [5.74, 6) is 0.790. The highest BCUT2D eigenvalue weighted by Crippen LogP contribution is 2.20. The second kappa shape index (κ2) is 8.27. The fraction of sp³-hybridized carbons (Fsp3) is 0.167. The van der Waals surface area contributed by atoms with Gasteiger partial charge in [-0.05, 0) is 36.2 Å². The van der Waals surface area contributed by atoms with Gasteiger partial charge in [0.05, 0.1) is 6.54 Å². The van der Waals surface area contributed by atoms with Crippen LogP contribution >= 0.6 is 27.5 Å². The van der Waals surface area contributed by atoms with Crippen LogP contribution in [0.1, 0.15) is 17.9 Å². The van der Waals surface area contributed by atoms with E-state index in [1.54, 1.807) is 0 Å². The van der Waals surface area contributed by atoms with E-state index >= 15 is 0 Å². The molecule has 0 saturated heterocycles. The van der Waals surface area contributed by atoms with Crippen molar-refractivity contribution in [1.82, 2.24) is 15.5 Å². The number of hydrogen-bond donors (Lipinski definition) is 1. The summed E-state index contributed by atoms with van der Waals surface area (Å²) in [7, 11) is 0. The molecule has 0 aliphatic rings. The van der Waals surface area contributed by atoms with Crippen molar-refractivity contribution in [2.45, 2.75) is 19.4 Å². The second-order valence-electron chi connectivity index (χ2n) is 5.43. The highest BCUT2D eigenvalue weighted by atomic mass is 79.9. The lowest BCUT2D eigenvalue weighted by Gasteiger charge is -2.03. The maximum atomic E-state index is 11.9. The molecule has 2 aromatic carbocycles. The minimum absolute atomic E-state index is 0.0721. The molecule has 1 heterocycles. The summed E-state index contributed by atoms with van der Waals surface area (Å²) in [4.78, 5) is 16.2. The van der Waals surface area contributed by atoms with Gasteiger partial charge in [0.2, 0.25) is 17.6 Å². The average molecular weight is 421 g/mol. The van der Waals surface area contributed by atoms with Gasteiger partial charge >= 0.3 is 0 Å². The third-order valence-electron chi connectivity index (χ3n) is 3.54. The van der Waals surface area contributed by atoms with Crippen LogP contribution < -0.4 is 5.32 Å². The van der Waals surface area contributed by atoms with E-state index in [9.17, 15) is 4.79 Å². The standard InChI is InChI=1S/C18H15BrClN3O2/c19-14-3-1-2-13(10-14)18-22-17(25-23-18)11-21-16(24)9-6-12-4-7-15(20)8-5-12/h1-5,7-8,10H,6,9,11H2,(H,21,24). The summed E-state index contributed by atoms with van der Waals surface area (Å²) in [6.45, 7) is 0.209. The number of amides is 1. The number of carbonyl (C=O) groups is 1. The van der Waals surface area contributed by atoms with E-state index in [-0.39, 0.29) is 12.5 Å². The van der Waals surface area contributed by atoms with Gasteiger partial charge in [-0.2, -0.15) is 4.98 Å². The molecule has 0 atom stereocenters. The Labute approximate surface area is 158 Å². The van der Waals surface area contributed by atoms with Crippen molar-refractivity contribution in [2.24, 2.45) is 0 Å². The Bertz CT molecular complexity index is 865. The first-order chi connectivity index (χ1) is 12.1. The van der Waals surface area contributed by atoms with Crippen molar-refractivity contribution >= 4 is 33.4 Å². The monoisotopic (exact) mass is 419 g/mol. The third kappa shape index (κ3) is 5.14. The Kier molecular flexibility index (Phi) is 5.83. The first-order valence-electron chi connectivity index (χ1n) is 7.70. The van der Waals surface area contributed by atoms with Crippen LogP contribution in [0, 0.1) is 0 Å². The topological polar surface area (TPSA) is 68.0 Å². The number of carbonyl (C=O) groups excluding carboxylic acids is 1. The van der Waals surface area contributed by atoms with Gasteiger partial charge in [0.25, 0.3) is 0 Å². The molecule has 0 fully saturated rings. The lowest BCUT2D eigenvalue weighted by atomic mass is 10.1. The minimum Gasteiger partial charge on any atom is -0.347 e. The molecule has 3 rings (SSSR count). The zero-order valence-corrected chi connectivity index (χ0v) is 15.5. The lowest BCUT2D eigenvalue weighted by molar-refractivity contribution is -0.121. The third-order valence-corrected chi connectivity index (χ3v) is 4.29. The summed E-state index contributed by atoms with van der Waals surface area (Å²) in [6, 6.07) is 15.1. The highest BCUT2D eigenvalue weighted by Gasteiger charge is 2.10. The number of hydrogen-bond acceptors (Lipinski definition) is 4. The molecule has 7 heteroatoms. The Balaban J connectivity index is 1.50. The maximum Gasteiger partial charge on any atom is 0.246 e. The molecule has 3 aromatic rings. The number of benzene rings is 2. The minimum atomic E-state index is -0.0721. The smallest absolute Gasteiger partial charge is 0.246 e. The van der Waals surface area contributed by atoms with Crippen molar-refractivity contribution in [3.8, 4) is 11.4 Å². The molecule has 0 radical (unpaired) electrons. The van der Waals surface area contributed by atoms with Crippen LogP contribution in [-0.4, -0.2) is 16.0 Å². The first kappa shape index (κ1) is 17.6. The Morgan fingerprint density at radius 1 is 1.20 bits per heavy atom. The summed E-state index contributed by atoms with van der Waals surface area (Å²) >= 11 is 9.25. The van der Waals surface area contributed by atoms with E-state index in [2.05, 4.69) is 31.4 Å². The van der Waals surface area contributed by atoms with E-state index < -0.39 is 0 Å². The predicted molar refractivity (Wildman–Crippen MR) is 99.1 cm³/mol. The van der Waals surface area contributed by atoms with Crippen LogP contribution in [0.2, 0.25) is 5.02 Å². The predicted octanol–water partition coefficient (Wildman–Crippen LogP) is 4.40. The van der Waals surface area contributed by atoms with Crippen LogP contribution in [-0.2, 0) is 17.8 Å². The van der Waals surface area contributed by atoms with Crippen LogP contribution in [0.3, 0.4) is 0 Å². The lowest BCUT2D eigenvalue weighted by Crippen LogP contribution is -2.23. The van der Waals surface area contributed by atoms with Crippen molar-refractivity contribution in [3.05, 3.63) is 69.5 Å². The fourth-order valence-electron chi connectivity index (χ4n) is 2.24. The van der Waals surface area contributed by atoms with Crippen molar-refractivity contribution in [3.63, 3.8) is 0 Å². The Hall–Kier alpha value is -2.18. The zero-order valence-electron chi connectivity index (χ0n) is 13.2. The number of aromatic nitrogens is 2. The van der Waals surface area contributed by atoms with Gasteiger partial charge in [-0.3, -0.25) is 4.79 Å². The molecule has 0 aliphatic carbocycles. The van der Waals surface area contributed by atoms with Gasteiger partial charge in [-0.25, -0.2) is 0 Å². The average Bonchev–Trinajstić information content (AvgIpc) is 3.08. The molecule has 128 valence electrons. The van der Waals surface area contributed by atoms with Crippen LogP contribution in [0.25, 0.3) is 11.4 Å². The largest absolute Gasteiger partial charge is 0.347 e. The molecule has 25 heavy (non-hydrogen) atoms. The number of nitrogens with zero attached hydrogens (tertiary/aromatic N) is 2. The molecule has 0 spiro atoms. The summed E-state index contributed by atoms with van der Waals surface area (Å²) < 4.78 is 6.12. The fourth-order valence-corrected chi connectivity index (χ4v) is 2.77. The zero-order chi connectivity index (χ0) is 17.6. The molecular weight excluding hydrogens is 406 g/mol. The van der Waals surface area contributed by atoms with Gasteiger partial charge in [0.1, 0.15) is 0 Å².